The molecule has 25 heavy (non-hydrogen) atoms. The van der Waals surface area contributed by atoms with Crippen molar-refractivity contribution < 1.29 is 9.47 Å². The fraction of sp³-hybridized carbons (Fsp3) is 0.182. The molecule has 1 N–H and O–H groups in total. The highest BCUT2D eigenvalue weighted by Gasteiger charge is 2.18. The van der Waals surface area contributed by atoms with Crippen molar-refractivity contribution in [1.29, 1.82) is 0 Å². The standard InChI is InChI=1S/C22H21NO2/c1-3-7-17(8-4-1)13-20(23-15-18-9-5-2-6-10-18)19-11-12-21-22(14-19)25-16-24-21/h1-12,14,20,23H,13,15-16H2/t20-/m1/s1. The first-order valence-corrected chi connectivity index (χ1v) is 8.59. The predicted octanol–water partition coefficient (Wildman–Crippen LogP) is 4.49. The van der Waals surface area contributed by atoms with Gasteiger partial charge in [-0.05, 0) is 35.2 Å². The Bertz CT molecular complexity index is 818. The van der Waals surface area contributed by atoms with E-state index in [-0.39, 0.29) is 6.04 Å². The lowest BCUT2D eigenvalue weighted by atomic mass is 9.98. The first-order valence-electron chi connectivity index (χ1n) is 8.59. The molecule has 0 fully saturated rings. The smallest absolute Gasteiger partial charge is 0.231 e. The molecular weight excluding hydrogens is 310 g/mol. The molecule has 3 heteroatoms. The Morgan fingerprint density at radius 1 is 0.760 bits per heavy atom. The molecule has 1 atom stereocenters. The van der Waals surface area contributed by atoms with Crippen LogP contribution in [-0.2, 0) is 13.0 Å². The zero-order valence-electron chi connectivity index (χ0n) is 14.0. The first-order chi connectivity index (χ1) is 12.4. The van der Waals surface area contributed by atoms with Crippen molar-refractivity contribution in [1.82, 2.24) is 5.32 Å². The van der Waals surface area contributed by atoms with Crippen molar-refractivity contribution in [2.75, 3.05) is 6.79 Å². The lowest BCUT2D eigenvalue weighted by Gasteiger charge is -2.20. The molecule has 0 spiro atoms. The minimum atomic E-state index is 0.206. The van der Waals surface area contributed by atoms with Crippen molar-refractivity contribution in [2.24, 2.45) is 0 Å². The molecule has 0 aliphatic carbocycles. The highest BCUT2D eigenvalue weighted by atomic mass is 16.7. The summed E-state index contributed by atoms with van der Waals surface area (Å²) in [5, 5.41) is 3.70. The Balaban J connectivity index is 1.56. The van der Waals surface area contributed by atoms with Crippen LogP contribution < -0.4 is 14.8 Å². The van der Waals surface area contributed by atoms with E-state index in [2.05, 4.69) is 72.0 Å². The number of rotatable bonds is 6. The summed E-state index contributed by atoms with van der Waals surface area (Å²) in [5.74, 6) is 1.65. The van der Waals surface area contributed by atoms with Crippen molar-refractivity contribution in [2.45, 2.75) is 19.0 Å². The van der Waals surface area contributed by atoms with Gasteiger partial charge in [0.2, 0.25) is 6.79 Å². The third-order valence-electron chi connectivity index (χ3n) is 4.48. The van der Waals surface area contributed by atoms with Crippen LogP contribution in [0.2, 0.25) is 0 Å². The molecule has 0 aromatic heterocycles. The van der Waals surface area contributed by atoms with Crippen molar-refractivity contribution in [3.8, 4) is 11.5 Å². The Hall–Kier alpha value is -2.78. The van der Waals surface area contributed by atoms with E-state index in [1.807, 2.05) is 12.1 Å². The minimum absolute atomic E-state index is 0.206. The van der Waals surface area contributed by atoms with Crippen molar-refractivity contribution in [3.63, 3.8) is 0 Å². The molecule has 0 saturated heterocycles. The average molecular weight is 331 g/mol. The third kappa shape index (κ3) is 3.83. The molecule has 1 aliphatic rings. The van der Waals surface area contributed by atoms with E-state index in [9.17, 15) is 0 Å². The van der Waals surface area contributed by atoms with E-state index < -0.39 is 0 Å². The van der Waals surface area contributed by atoms with Gasteiger partial charge in [0.05, 0.1) is 0 Å². The second-order valence-electron chi connectivity index (χ2n) is 6.22. The van der Waals surface area contributed by atoms with E-state index in [1.54, 1.807) is 0 Å². The van der Waals surface area contributed by atoms with E-state index >= 15 is 0 Å². The van der Waals surface area contributed by atoms with E-state index in [0.717, 1.165) is 24.5 Å². The van der Waals surface area contributed by atoms with Gasteiger partial charge in [-0.3, -0.25) is 0 Å². The molecule has 126 valence electrons. The lowest BCUT2D eigenvalue weighted by Crippen LogP contribution is -2.23. The molecule has 4 rings (SSSR count). The fourth-order valence-electron chi connectivity index (χ4n) is 3.12. The minimum Gasteiger partial charge on any atom is -0.454 e. The van der Waals surface area contributed by atoms with Crippen LogP contribution in [0, 0.1) is 0 Å². The zero-order chi connectivity index (χ0) is 16.9. The van der Waals surface area contributed by atoms with Crippen LogP contribution in [0.25, 0.3) is 0 Å². The van der Waals surface area contributed by atoms with Crippen LogP contribution in [0.3, 0.4) is 0 Å². The van der Waals surface area contributed by atoms with E-state index in [1.165, 1.54) is 16.7 Å². The van der Waals surface area contributed by atoms with Gasteiger partial charge in [-0.2, -0.15) is 0 Å². The monoisotopic (exact) mass is 331 g/mol. The normalized spacial score (nSPS) is 13.6. The van der Waals surface area contributed by atoms with Crippen LogP contribution in [-0.4, -0.2) is 6.79 Å². The Morgan fingerprint density at radius 2 is 1.44 bits per heavy atom. The summed E-state index contributed by atoms with van der Waals surface area (Å²) in [6, 6.07) is 27.5. The largest absolute Gasteiger partial charge is 0.454 e. The van der Waals surface area contributed by atoms with Crippen molar-refractivity contribution >= 4 is 0 Å². The number of hydrogen-bond acceptors (Lipinski definition) is 3. The van der Waals surface area contributed by atoms with Gasteiger partial charge in [-0.1, -0.05) is 66.7 Å². The topological polar surface area (TPSA) is 30.5 Å². The van der Waals surface area contributed by atoms with Gasteiger partial charge in [0, 0.05) is 12.6 Å². The second-order valence-corrected chi connectivity index (χ2v) is 6.22. The maximum absolute atomic E-state index is 5.55. The Morgan fingerprint density at radius 3 is 2.20 bits per heavy atom. The third-order valence-corrected chi connectivity index (χ3v) is 4.48. The molecule has 0 radical (unpaired) electrons. The molecular formula is C22H21NO2. The number of fused-ring (bicyclic) bond motifs is 1. The van der Waals surface area contributed by atoms with E-state index in [0.29, 0.717) is 6.79 Å². The summed E-state index contributed by atoms with van der Waals surface area (Å²) in [7, 11) is 0. The molecule has 3 aromatic carbocycles. The van der Waals surface area contributed by atoms with Gasteiger partial charge in [-0.15, -0.1) is 0 Å². The SMILES string of the molecule is c1ccc(CN[C@H](Cc2ccccc2)c2ccc3c(c2)OCO3)cc1. The molecule has 3 aromatic rings. The second kappa shape index (κ2) is 7.41. The van der Waals surface area contributed by atoms with Crippen LogP contribution in [0.4, 0.5) is 0 Å². The lowest BCUT2D eigenvalue weighted by molar-refractivity contribution is 0.174. The zero-order valence-corrected chi connectivity index (χ0v) is 14.0. The van der Waals surface area contributed by atoms with Gasteiger partial charge in [0.1, 0.15) is 0 Å². The Labute approximate surface area is 148 Å². The van der Waals surface area contributed by atoms with Gasteiger partial charge in [0.25, 0.3) is 0 Å². The van der Waals surface area contributed by atoms with E-state index in [4.69, 9.17) is 9.47 Å². The molecule has 0 amide bonds. The number of ether oxygens (including phenoxy) is 2. The summed E-state index contributed by atoms with van der Waals surface area (Å²) in [4.78, 5) is 0. The molecule has 1 heterocycles. The van der Waals surface area contributed by atoms with Crippen molar-refractivity contribution in [3.05, 3.63) is 95.6 Å². The van der Waals surface area contributed by atoms with Crippen LogP contribution in [0.15, 0.2) is 78.9 Å². The summed E-state index contributed by atoms with van der Waals surface area (Å²) in [6.45, 7) is 1.13. The molecule has 1 aliphatic heterocycles. The predicted molar refractivity (Wildman–Crippen MR) is 98.7 cm³/mol. The number of hydrogen-bond donors (Lipinski definition) is 1. The maximum atomic E-state index is 5.55. The highest BCUT2D eigenvalue weighted by Crippen LogP contribution is 2.35. The Kier molecular flexibility index (Phi) is 4.66. The van der Waals surface area contributed by atoms with Gasteiger partial charge in [0.15, 0.2) is 11.5 Å². The molecule has 0 bridgehead atoms. The molecule has 0 saturated carbocycles. The van der Waals surface area contributed by atoms with Crippen LogP contribution in [0.1, 0.15) is 22.7 Å². The highest BCUT2D eigenvalue weighted by molar-refractivity contribution is 5.45. The quantitative estimate of drug-likeness (QED) is 0.722. The summed E-state index contributed by atoms with van der Waals surface area (Å²) in [5.41, 5.74) is 3.80. The molecule has 3 nitrogen and oxygen atoms in total. The summed E-state index contributed by atoms with van der Waals surface area (Å²) in [6.07, 6.45) is 0.924. The number of nitrogens with one attached hydrogen (secondary N) is 1. The maximum Gasteiger partial charge on any atom is 0.231 e. The molecule has 0 unspecified atom stereocenters. The summed E-state index contributed by atoms with van der Waals surface area (Å²) < 4.78 is 11.0. The first kappa shape index (κ1) is 15.7. The van der Waals surface area contributed by atoms with Gasteiger partial charge in [-0.25, -0.2) is 0 Å². The van der Waals surface area contributed by atoms with Gasteiger partial charge >= 0.3 is 0 Å². The van der Waals surface area contributed by atoms with Gasteiger partial charge < -0.3 is 14.8 Å². The average Bonchev–Trinajstić information content (AvgIpc) is 3.14. The number of benzene rings is 3. The van der Waals surface area contributed by atoms with Crippen LogP contribution >= 0.6 is 0 Å². The summed E-state index contributed by atoms with van der Waals surface area (Å²) >= 11 is 0. The van der Waals surface area contributed by atoms with Crippen LogP contribution in [0.5, 0.6) is 11.5 Å². The fourth-order valence-corrected chi connectivity index (χ4v) is 3.12.